The second kappa shape index (κ2) is 8.80. The van der Waals surface area contributed by atoms with Gasteiger partial charge in [0.25, 0.3) is 0 Å². The van der Waals surface area contributed by atoms with Crippen molar-refractivity contribution in [3.63, 3.8) is 0 Å². The van der Waals surface area contributed by atoms with E-state index in [1.165, 1.54) is 43.5 Å². The van der Waals surface area contributed by atoms with Gasteiger partial charge in [-0.05, 0) is 36.6 Å². The normalized spacial score (nSPS) is 22.5. The molecule has 0 amide bonds. The SMILES string of the molecule is c1ccc(Cn2cccn2)c(CN2CCCC[C@@H]2CN2CCOCC2)c1. The van der Waals surface area contributed by atoms with Crippen molar-refractivity contribution in [3.05, 3.63) is 53.9 Å². The average Bonchev–Trinajstić information content (AvgIpc) is 3.19. The molecule has 1 aromatic heterocycles. The van der Waals surface area contributed by atoms with E-state index in [1.54, 1.807) is 0 Å². The number of ether oxygens (including phenoxy) is 1. The smallest absolute Gasteiger partial charge is 0.0662 e. The average molecular weight is 354 g/mol. The zero-order chi connectivity index (χ0) is 17.6. The molecule has 0 aliphatic carbocycles. The molecule has 5 nitrogen and oxygen atoms in total. The first-order valence-electron chi connectivity index (χ1n) is 9.97. The van der Waals surface area contributed by atoms with Crippen LogP contribution >= 0.6 is 0 Å². The van der Waals surface area contributed by atoms with E-state index in [0.717, 1.165) is 39.4 Å². The Morgan fingerprint density at radius 2 is 1.77 bits per heavy atom. The first-order chi connectivity index (χ1) is 12.9. The molecule has 2 aliphatic rings. The van der Waals surface area contributed by atoms with Gasteiger partial charge in [0.2, 0.25) is 0 Å². The van der Waals surface area contributed by atoms with Crippen molar-refractivity contribution in [2.45, 2.75) is 38.4 Å². The highest BCUT2D eigenvalue weighted by Crippen LogP contribution is 2.22. The maximum atomic E-state index is 5.51. The van der Waals surface area contributed by atoms with Gasteiger partial charge in [-0.25, -0.2) is 0 Å². The Kier molecular flexibility index (Phi) is 5.99. The molecule has 0 unspecified atom stereocenters. The summed E-state index contributed by atoms with van der Waals surface area (Å²) in [6.45, 7) is 8.24. The number of aromatic nitrogens is 2. The number of nitrogens with zero attached hydrogens (tertiary/aromatic N) is 4. The third kappa shape index (κ3) is 4.53. The van der Waals surface area contributed by atoms with Gasteiger partial charge in [-0.2, -0.15) is 5.10 Å². The fourth-order valence-corrected chi connectivity index (χ4v) is 4.21. The Balaban J connectivity index is 1.44. The van der Waals surface area contributed by atoms with E-state index in [4.69, 9.17) is 4.74 Å². The molecular formula is C21H30N4O. The number of hydrogen-bond donors (Lipinski definition) is 0. The molecule has 0 spiro atoms. The van der Waals surface area contributed by atoms with Gasteiger partial charge in [-0.15, -0.1) is 0 Å². The number of hydrogen-bond acceptors (Lipinski definition) is 4. The lowest BCUT2D eigenvalue weighted by Crippen LogP contribution is -2.49. The molecule has 0 radical (unpaired) electrons. The fraction of sp³-hybridized carbons (Fsp3) is 0.571. The standard InChI is InChI=1S/C21H30N4O/c1-2-7-20(17-25-11-5-9-22-25)19(6-1)16-24-10-4-3-8-21(24)18-23-12-14-26-15-13-23/h1-2,5-7,9,11,21H,3-4,8,10,12-18H2/t21-/m1/s1. The summed E-state index contributed by atoms with van der Waals surface area (Å²) >= 11 is 0. The summed E-state index contributed by atoms with van der Waals surface area (Å²) in [6, 6.07) is 11.5. The summed E-state index contributed by atoms with van der Waals surface area (Å²) in [5, 5.41) is 4.38. The highest BCUT2D eigenvalue weighted by Gasteiger charge is 2.25. The number of rotatable bonds is 6. The van der Waals surface area contributed by atoms with Crippen LogP contribution in [0, 0.1) is 0 Å². The fourth-order valence-electron chi connectivity index (χ4n) is 4.21. The van der Waals surface area contributed by atoms with Gasteiger partial charge in [0.1, 0.15) is 0 Å². The monoisotopic (exact) mass is 354 g/mol. The molecule has 0 N–H and O–H groups in total. The van der Waals surface area contributed by atoms with Crippen LogP contribution in [0.3, 0.4) is 0 Å². The predicted octanol–water partition coefficient (Wildman–Crippen LogP) is 2.62. The van der Waals surface area contributed by atoms with Crippen LogP contribution in [-0.2, 0) is 17.8 Å². The zero-order valence-corrected chi connectivity index (χ0v) is 15.6. The van der Waals surface area contributed by atoms with Crippen LogP contribution in [0.15, 0.2) is 42.7 Å². The quantitative estimate of drug-likeness (QED) is 0.798. The number of piperidine rings is 1. The van der Waals surface area contributed by atoms with Crippen LogP contribution < -0.4 is 0 Å². The van der Waals surface area contributed by atoms with Crippen molar-refractivity contribution >= 4 is 0 Å². The lowest BCUT2D eigenvalue weighted by atomic mass is 9.99. The van der Waals surface area contributed by atoms with Crippen molar-refractivity contribution in [3.8, 4) is 0 Å². The number of benzene rings is 1. The number of morpholine rings is 1. The lowest BCUT2D eigenvalue weighted by molar-refractivity contribution is 0.0152. The van der Waals surface area contributed by atoms with E-state index in [1.807, 2.05) is 23.1 Å². The van der Waals surface area contributed by atoms with Crippen molar-refractivity contribution in [2.24, 2.45) is 0 Å². The summed E-state index contributed by atoms with van der Waals surface area (Å²) in [5.74, 6) is 0. The molecule has 2 aromatic rings. The molecule has 5 heteroatoms. The molecule has 2 aliphatic heterocycles. The highest BCUT2D eigenvalue weighted by atomic mass is 16.5. The molecule has 0 bridgehead atoms. The maximum Gasteiger partial charge on any atom is 0.0662 e. The Bertz CT molecular complexity index is 666. The van der Waals surface area contributed by atoms with Crippen LogP contribution in [0.5, 0.6) is 0 Å². The first kappa shape index (κ1) is 17.7. The lowest BCUT2D eigenvalue weighted by Gasteiger charge is -2.40. The van der Waals surface area contributed by atoms with Gasteiger partial charge < -0.3 is 4.74 Å². The molecule has 3 heterocycles. The molecule has 1 atom stereocenters. The Labute approximate surface area is 156 Å². The topological polar surface area (TPSA) is 33.5 Å². The van der Waals surface area contributed by atoms with Gasteiger partial charge in [0.05, 0.1) is 19.8 Å². The van der Waals surface area contributed by atoms with E-state index in [0.29, 0.717) is 6.04 Å². The van der Waals surface area contributed by atoms with E-state index in [2.05, 4.69) is 39.2 Å². The second-order valence-corrected chi connectivity index (χ2v) is 7.51. The summed E-state index contributed by atoms with van der Waals surface area (Å²) in [7, 11) is 0. The molecule has 2 fully saturated rings. The van der Waals surface area contributed by atoms with Gasteiger partial charge in [-0.1, -0.05) is 30.7 Å². The van der Waals surface area contributed by atoms with Crippen LogP contribution in [0.2, 0.25) is 0 Å². The van der Waals surface area contributed by atoms with Crippen LogP contribution in [0.25, 0.3) is 0 Å². The van der Waals surface area contributed by atoms with Crippen molar-refractivity contribution < 1.29 is 4.74 Å². The summed E-state index contributed by atoms with van der Waals surface area (Å²) in [4.78, 5) is 5.29. The minimum Gasteiger partial charge on any atom is -0.379 e. The van der Waals surface area contributed by atoms with Gasteiger partial charge in [0, 0.05) is 44.6 Å². The van der Waals surface area contributed by atoms with Crippen molar-refractivity contribution in [2.75, 3.05) is 39.4 Å². The zero-order valence-electron chi connectivity index (χ0n) is 15.6. The van der Waals surface area contributed by atoms with E-state index < -0.39 is 0 Å². The van der Waals surface area contributed by atoms with E-state index >= 15 is 0 Å². The van der Waals surface area contributed by atoms with Crippen molar-refractivity contribution in [1.29, 1.82) is 0 Å². The molecule has 0 saturated carbocycles. The molecule has 140 valence electrons. The Hall–Kier alpha value is -1.69. The third-order valence-electron chi connectivity index (χ3n) is 5.71. The minimum absolute atomic E-state index is 0.666. The minimum atomic E-state index is 0.666. The van der Waals surface area contributed by atoms with Gasteiger partial charge in [0.15, 0.2) is 0 Å². The molecule has 26 heavy (non-hydrogen) atoms. The van der Waals surface area contributed by atoms with E-state index in [-0.39, 0.29) is 0 Å². The summed E-state index contributed by atoms with van der Waals surface area (Å²) in [6.07, 6.45) is 7.89. The first-order valence-corrected chi connectivity index (χ1v) is 9.97. The number of likely N-dealkylation sites (tertiary alicyclic amines) is 1. The molecule has 4 rings (SSSR count). The highest BCUT2D eigenvalue weighted by molar-refractivity contribution is 5.27. The summed E-state index contributed by atoms with van der Waals surface area (Å²) < 4.78 is 7.53. The second-order valence-electron chi connectivity index (χ2n) is 7.51. The maximum absolute atomic E-state index is 5.51. The van der Waals surface area contributed by atoms with Crippen LogP contribution in [0.1, 0.15) is 30.4 Å². The van der Waals surface area contributed by atoms with Crippen molar-refractivity contribution in [1.82, 2.24) is 19.6 Å². The van der Waals surface area contributed by atoms with Crippen LogP contribution in [0.4, 0.5) is 0 Å². The van der Waals surface area contributed by atoms with Gasteiger partial charge in [-0.3, -0.25) is 14.5 Å². The Morgan fingerprint density at radius 1 is 0.962 bits per heavy atom. The molecule has 1 aromatic carbocycles. The molecular weight excluding hydrogens is 324 g/mol. The third-order valence-corrected chi connectivity index (χ3v) is 5.71. The Morgan fingerprint density at radius 3 is 2.54 bits per heavy atom. The largest absolute Gasteiger partial charge is 0.379 e. The predicted molar refractivity (Wildman–Crippen MR) is 103 cm³/mol. The summed E-state index contributed by atoms with van der Waals surface area (Å²) in [5.41, 5.74) is 2.82. The van der Waals surface area contributed by atoms with E-state index in [9.17, 15) is 0 Å². The van der Waals surface area contributed by atoms with Gasteiger partial charge >= 0.3 is 0 Å². The van der Waals surface area contributed by atoms with Crippen LogP contribution in [-0.4, -0.2) is 65.0 Å². The molecule has 2 saturated heterocycles.